The first-order chi connectivity index (χ1) is 8.63. The summed E-state index contributed by atoms with van der Waals surface area (Å²) in [6.45, 7) is 2.35. The molecule has 1 fully saturated rings. The summed E-state index contributed by atoms with van der Waals surface area (Å²) in [7, 11) is 0. The first-order valence-electron chi connectivity index (χ1n) is 5.98. The molecular weight excluding hydrogens is 343 g/mol. The van der Waals surface area contributed by atoms with Gasteiger partial charge >= 0.3 is 0 Å². The van der Waals surface area contributed by atoms with Gasteiger partial charge in [0, 0.05) is 16.5 Å². The number of nitrogens with one attached hydrogen (secondary N) is 1. The summed E-state index contributed by atoms with van der Waals surface area (Å²) in [5.41, 5.74) is 0.887. The van der Waals surface area contributed by atoms with E-state index in [1.165, 1.54) is 0 Å². The Morgan fingerprint density at radius 3 is 2.78 bits per heavy atom. The maximum Gasteiger partial charge on any atom is 0.249 e. The zero-order valence-electron chi connectivity index (χ0n) is 10.1. The first kappa shape index (κ1) is 13.3. The van der Waals surface area contributed by atoms with Crippen LogP contribution in [0.5, 0.6) is 0 Å². The SMILES string of the molecule is CCC1NC(=O)CCN(c2ccccc2I)C1=O. The number of hydrogen-bond donors (Lipinski definition) is 1. The average Bonchev–Trinajstić information content (AvgIpc) is 2.50. The van der Waals surface area contributed by atoms with Crippen molar-refractivity contribution in [1.82, 2.24) is 5.32 Å². The number of anilines is 1. The van der Waals surface area contributed by atoms with Crippen LogP contribution in [0, 0.1) is 3.57 Å². The number of carbonyl (C=O) groups is 2. The van der Waals surface area contributed by atoms with E-state index in [1.54, 1.807) is 4.90 Å². The smallest absolute Gasteiger partial charge is 0.249 e. The van der Waals surface area contributed by atoms with Crippen LogP contribution in [-0.4, -0.2) is 24.4 Å². The molecule has 4 nitrogen and oxygen atoms in total. The van der Waals surface area contributed by atoms with Crippen molar-refractivity contribution >= 4 is 40.1 Å². The Bertz CT molecular complexity index is 476. The maximum absolute atomic E-state index is 12.4. The third-order valence-corrected chi connectivity index (χ3v) is 3.93. The fourth-order valence-electron chi connectivity index (χ4n) is 2.03. The average molecular weight is 358 g/mol. The molecule has 5 heteroatoms. The van der Waals surface area contributed by atoms with Crippen LogP contribution < -0.4 is 10.2 Å². The zero-order valence-corrected chi connectivity index (χ0v) is 12.3. The van der Waals surface area contributed by atoms with Crippen LogP contribution in [0.25, 0.3) is 0 Å². The van der Waals surface area contributed by atoms with Gasteiger partial charge in [-0.15, -0.1) is 0 Å². The van der Waals surface area contributed by atoms with Crippen LogP contribution in [0.3, 0.4) is 0 Å². The predicted molar refractivity (Wildman–Crippen MR) is 78.4 cm³/mol. The lowest BCUT2D eigenvalue weighted by Crippen LogP contribution is -2.44. The van der Waals surface area contributed by atoms with Crippen LogP contribution in [0.15, 0.2) is 24.3 Å². The fraction of sp³-hybridized carbons (Fsp3) is 0.385. The molecule has 1 saturated heterocycles. The molecule has 1 atom stereocenters. The van der Waals surface area contributed by atoms with Gasteiger partial charge in [0.1, 0.15) is 6.04 Å². The molecule has 18 heavy (non-hydrogen) atoms. The molecule has 0 radical (unpaired) electrons. The van der Waals surface area contributed by atoms with Crippen molar-refractivity contribution in [2.45, 2.75) is 25.8 Å². The summed E-state index contributed by atoms with van der Waals surface area (Å²) in [5, 5.41) is 2.76. The van der Waals surface area contributed by atoms with Crippen LogP contribution in [-0.2, 0) is 9.59 Å². The summed E-state index contributed by atoms with van der Waals surface area (Å²) in [5.74, 6) is -0.0731. The van der Waals surface area contributed by atoms with E-state index in [-0.39, 0.29) is 11.8 Å². The second-order valence-electron chi connectivity index (χ2n) is 4.22. The Morgan fingerprint density at radius 1 is 1.39 bits per heavy atom. The van der Waals surface area contributed by atoms with Gasteiger partial charge in [-0.05, 0) is 41.1 Å². The number of hydrogen-bond acceptors (Lipinski definition) is 2. The lowest BCUT2D eigenvalue weighted by atomic mass is 10.2. The molecule has 1 heterocycles. The quantitative estimate of drug-likeness (QED) is 0.822. The maximum atomic E-state index is 12.4. The number of carbonyl (C=O) groups excluding carboxylic acids is 2. The molecule has 96 valence electrons. The third-order valence-electron chi connectivity index (χ3n) is 3.01. The molecule has 2 rings (SSSR count). The molecule has 1 aromatic rings. The summed E-state index contributed by atoms with van der Waals surface area (Å²) >= 11 is 2.21. The van der Waals surface area contributed by atoms with Crippen molar-refractivity contribution in [3.8, 4) is 0 Å². The first-order valence-corrected chi connectivity index (χ1v) is 7.06. The number of nitrogens with zero attached hydrogens (tertiary/aromatic N) is 1. The third kappa shape index (κ3) is 2.66. The van der Waals surface area contributed by atoms with E-state index in [9.17, 15) is 9.59 Å². The van der Waals surface area contributed by atoms with Gasteiger partial charge in [0.05, 0.1) is 5.69 Å². The van der Waals surface area contributed by atoms with E-state index in [0.29, 0.717) is 19.4 Å². The molecule has 2 amide bonds. The van der Waals surface area contributed by atoms with Gasteiger partial charge in [-0.2, -0.15) is 0 Å². The summed E-state index contributed by atoms with van der Waals surface area (Å²) in [4.78, 5) is 25.7. The molecule has 1 unspecified atom stereocenters. The van der Waals surface area contributed by atoms with E-state index in [1.807, 2.05) is 31.2 Å². The van der Waals surface area contributed by atoms with Gasteiger partial charge in [0.25, 0.3) is 0 Å². The lowest BCUT2D eigenvalue weighted by molar-refractivity contribution is -0.125. The monoisotopic (exact) mass is 358 g/mol. The van der Waals surface area contributed by atoms with Crippen molar-refractivity contribution in [2.75, 3.05) is 11.4 Å². The van der Waals surface area contributed by atoms with Gasteiger partial charge in [-0.3, -0.25) is 9.59 Å². The van der Waals surface area contributed by atoms with Crippen LogP contribution >= 0.6 is 22.6 Å². The summed E-state index contributed by atoms with van der Waals surface area (Å²) in [6, 6.07) is 7.32. The van der Waals surface area contributed by atoms with E-state index in [2.05, 4.69) is 27.9 Å². The summed E-state index contributed by atoms with van der Waals surface area (Å²) in [6.07, 6.45) is 0.970. The molecule has 1 aromatic carbocycles. The molecule has 0 aliphatic carbocycles. The second-order valence-corrected chi connectivity index (χ2v) is 5.38. The van der Waals surface area contributed by atoms with Crippen molar-refractivity contribution < 1.29 is 9.59 Å². The molecule has 0 bridgehead atoms. The number of benzene rings is 1. The Labute approximate surface area is 120 Å². The van der Waals surface area contributed by atoms with Crippen molar-refractivity contribution in [2.24, 2.45) is 0 Å². The van der Waals surface area contributed by atoms with Gasteiger partial charge in [0.2, 0.25) is 11.8 Å². The highest BCUT2D eigenvalue weighted by Gasteiger charge is 2.30. The highest BCUT2D eigenvalue weighted by molar-refractivity contribution is 14.1. The topological polar surface area (TPSA) is 49.4 Å². The summed E-state index contributed by atoms with van der Waals surface area (Å²) < 4.78 is 1.02. The minimum Gasteiger partial charge on any atom is -0.344 e. The van der Waals surface area contributed by atoms with Crippen molar-refractivity contribution in [1.29, 1.82) is 0 Å². The zero-order chi connectivity index (χ0) is 13.1. The molecule has 1 N–H and O–H groups in total. The molecule has 0 saturated carbocycles. The predicted octanol–water partition coefficient (Wildman–Crippen LogP) is 1.92. The van der Waals surface area contributed by atoms with Crippen LogP contribution in [0.2, 0.25) is 0 Å². The molecule has 1 aliphatic rings. The number of amides is 2. The molecular formula is C13H15IN2O2. The highest BCUT2D eigenvalue weighted by atomic mass is 127. The van der Waals surface area contributed by atoms with Crippen molar-refractivity contribution in [3.05, 3.63) is 27.8 Å². The molecule has 1 aliphatic heterocycles. The van der Waals surface area contributed by atoms with Crippen LogP contribution in [0.1, 0.15) is 19.8 Å². The number of halogens is 1. The largest absolute Gasteiger partial charge is 0.344 e. The number of rotatable bonds is 2. The van der Waals surface area contributed by atoms with Gasteiger partial charge in [-0.25, -0.2) is 0 Å². The van der Waals surface area contributed by atoms with Crippen molar-refractivity contribution in [3.63, 3.8) is 0 Å². The highest BCUT2D eigenvalue weighted by Crippen LogP contribution is 2.24. The van der Waals surface area contributed by atoms with E-state index in [0.717, 1.165) is 9.26 Å². The fourth-order valence-corrected chi connectivity index (χ4v) is 2.70. The Morgan fingerprint density at radius 2 is 2.11 bits per heavy atom. The van der Waals surface area contributed by atoms with Crippen LogP contribution in [0.4, 0.5) is 5.69 Å². The van der Waals surface area contributed by atoms with E-state index < -0.39 is 6.04 Å². The van der Waals surface area contributed by atoms with Gasteiger partial charge in [0.15, 0.2) is 0 Å². The molecule has 0 spiro atoms. The van der Waals surface area contributed by atoms with E-state index in [4.69, 9.17) is 0 Å². The Kier molecular flexibility index (Phi) is 4.21. The van der Waals surface area contributed by atoms with E-state index >= 15 is 0 Å². The van der Waals surface area contributed by atoms with Gasteiger partial charge in [-0.1, -0.05) is 19.1 Å². The normalized spacial score (nSPS) is 20.6. The lowest BCUT2D eigenvalue weighted by Gasteiger charge is -2.24. The minimum atomic E-state index is -0.406. The standard InChI is InChI=1S/C13H15IN2O2/c1-2-10-13(18)16(8-7-12(17)15-10)11-6-4-3-5-9(11)14/h3-6,10H,2,7-8H2,1H3,(H,15,17). The number of para-hydroxylation sites is 1. The Hall–Kier alpha value is -1.11. The minimum absolute atomic E-state index is 0.0209. The second kappa shape index (κ2) is 5.69. The Balaban J connectivity index is 2.34. The molecule has 0 aromatic heterocycles. The van der Waals surface area contributed by atoms with Gasteiger partial charge < -0.3 is 10.2 Å².